The average molecular weight is 390 g/mol. The monoisotopic (exact) mass is 389 g/mol. The first-order valence-corrected chi connectivity index (χ1v) is 9.75. The van der Waals surface area contributed by atoms with Gasteiger partial charge in [0.05, 0.1) is 23.1 Å². The number of halogens is 1. The molecule has 0 saturated carbocycles. The van der Waals surface area contributed by atoms with Crippen LogP contribution in [0.2, 0.25) is 5.02 Å². The Morgan fingerprint density at radius 1 is 1.26 bits per heavy atom. The third-order valence-electron chi connectivity index (χ3n) is 5.39. The number of carbonyl (C=O) groups is 1. The maximum atomic E-state index is 12.7. The third-order valence-corrected chi connectivity index (χ3v) is 5.62. The molecule has 1 N–H and O–H groups in total. The van der Waals surface area contributed by atoms with E-state index in [4.69, 9.17) is 11.6 Å². The van der Waals surface area contributed by atoms with Crippen LogP contribution in [0.3, 0.4) is 0 Å². The van der Waals surface area contributed by atoms with Crippen LogP contribution in [0.1, 0.15) is 23.9 Å². The number of rotatable bonds is 5. The minimum absolute atomic E-state index is 0.0255. The summed E-state index contributed by atoms with van der Waals surface area (Å²) in [7, 11) is 1.89. The third kappa shape index (κ3) is 4.69. The highest BCUT2D eigenvalue weighted by Crippen LogP contribution is 2.20. The molecule has 0 spiro atoms. The zero-order valence-electron chi connectivity index (χ0n) is 16.5. The van der Waals surface area contributed by atoms with E-state index in [-0.39, 0.29) is 11.9 Å². The van der Waals surface area contributed by atoms with E-state index in [9.17, 15) is 4.79 Å². The van der Waals surface area contributed by atoms with Gasteiger partial charge in [0, 0.05) is 44.8 Å². The van der Waals surface area contributed by atoms with Gasteiger partial charge < -0.3 is 5.32 Å². The van der Waals surface area contributed by atoms with Gasteiger partial charge in [-0.15, -0.1) is 0 Å². The maximum Gasteiger partial charge on any atom is 0.241 e. The molecule has 1 amide bonds. The summed E-state index contributed by atoms with van der Waals surface area (Å²) < 4.78 is 1.80. The number of anilines is 1. The van der Waals surface area contributed by atoms with Crippen molar-refractivity contribution in [2.24, 2.45) is 7.05 Å². The van der Waals surface area contributed by atoms with Crippen molar-refractivity contribution >= 4 is 23.2 Å². The van der Waals surface area contributed by atoms with E-state index >= 15 is 0 Å². The number of hydrogen-bond donors (Lipinski definition) is 1. The zero-order valence-corrected chi connectivity index (χ0v) is 17.3. The smallest absolute Gasteiger partial charge is 0.241 e. The molecular formula is C20H28ClN5O. The van der Waals surface area contributed by atoms with Crippen LogP contribution >= 0.6 is 11.6 Å². The average Bonchev–Trinajstić information content (AvgIpc) is 2.88. The summed E-state index contributed by atoms with van der Waals surface area (Å²) >= 11 is 6.08. The summed E-state index contributed by atoms with van der Waals surface area (Å²) in [5.74, 6) is 0.0255. The highest BCUT2D eigenvalue weighted by atomic mass is 35.5. The Bertz CT molecular complexity index is 811. The number of carbonyl (C=O) groups excluding carboxylic acids is 1. The van der Waals surface area contributed by atoms with Crippen LogP contribution in [0.25, 0.3) is 0 Å². The number of nitrogens with zero attached hydrogens (tertiary/aromatic N) is 4. The molecule has 0 unspecified atom stereocenters. The lowest BCUT2D eigenvalue weighted by molar-refractivity contribution is -0.121. The Morgan fingerprint density at radius 3 is 2.56 bits per heavy atom. The van der Waals surface area contributed by atoms with E-state index in [1.165, 1.54) is 5.56 Å². The van der Waals surface area contributed by atoms with Crippen molar-refractivity contribution in [3.63, 3.8) is 0 Å². The topological polar surface area (TPSA) is 53.4 Å². The molecule has 2 aromatic rings. The predicted octanol–water partition coefficient (Wildman–Crippen LogP) is 2.84. The molecule has 3 rings (SSSR count). The molecule has 1 aliphatic heterocycles. The lowest BCUT2D eigenvalue weighted by atomic mass is 10.1. The van der Waals surface area contributed by atoms with Gasteiger partial charge in [-0.1, -0.05) is 23.7 Å². The second kappa shape index (κ2) is 8.42. The molecule has 27 heavy (non-hydrogen) atoms. The molecule has 0 aliphatic carbocycles. The summed E-state index contributed by atoms with van der Waals surface area (Å²) in [6.07, 6.45) is 0. The normalized spacial score (nSPS) is 17.1. The van der Waals surface area contributed by atoms with Gasteiger partial charge in [-0.25, -0.2) is 0 Å². The minimum atomic E-state index is -0.169. The van der Waals surface area contributed by atoms with E-state index in [0.717, 1.165) is 54.8 Å². The van der Waals surface area contributed by atoms with Gasteiger partial charge in [-0.05, 0) is 38.5 Å². The van der Waals surface area contributed by atoms with E-state index in [2.05, 4.69) is 26.3 Å². The standard InChI is InChI=1S/C20H28ClN5O/c1-14-19(15(2)24(4)23-14)22-20(27)16(3)26-10-8-25(9-11-26)13-17-6-5-7-18(21)12-17/h5-7,12,16H,8-11,13H2,1-4H3,(H,22,27)/t16-/m0/s1. The molecule has 1 aliphatic rings. The molecule has 146 valence electrons. The van der Waals surface area contributed by atoms with E-state index in [1.807, 2.05) is 46.0 Å². The molecular weight excluding hydrogens is 362 g/mol. The van der Waals surface area contributed by atoms with Gasteiger partial charge >= 0.3 is 0 Å². The van der Waals surface area contributed by atoms with Crippen molar-refractivity contribution in [3.05, 3.63) is 46.2 Å². The fourth-order valence-corrected chi connectivity index (χ4v) is 3.76. The Labute approximate surface area is 166 Å². The highest BCUT2D eigenvalue weighted by molar-refractivity contribution is 6.30. The fraction of sp³-hybridized carbons (Fsp3) is 0.500. The summed E-state index contributed by atoms with van der Waals surface area (Å²) in [5, 5.41) is 8.20. The van der Waals surface area contributed by atoms with Gasteiger partial charge in [0.2, 0.25) is 5.91 Å². The number of aryl methyl sites for hydroxylation is 2. The first-order valence-electron chi connectivity index (χ1n) is 9.37. The maximum absolute atomic E-state index is 12.7. The molecule has 0 bridgehead atoms. The van der Waals surface area contributed by atoms with Gasteiger partial charge in [0.15, 0.2) is 0 Å². The van der Waals surface area contributed by atoms with Crippen molar-refractivity contribution in [2.45, 2.75) is 33.4 Å². The number of benzene rings is 1. The molecule has 1 aromatic carbocycles. The fourth-order valence-electron chi connectivity index (χ4n) is 3.55. The Morgan fingerprint density at radius 2 is 1.96 bits per heavy atom. The van der Waals surface area contributed by atoms with Crippen LogP contribution in [-0.2, 0) is 18.4 Å². The van der Waals surface area contributed by atoms with E-state index in [0.29, 0.717) is 0 Å². The molecule has 1 fully saturated rings. The lowest BCUT2D eigenvalue weighted by Gasteiger charge is -2.37. The van der Waals surface area contributed by atoms with Crippen molar-refractivity contribution in [2.75, 3.05) is 31.5 Å². The second-order valence-corrected chi connectivity index (χ2v) is 7.71. The van der Waals surface area contributed by atoms with Crippen LogP contribution < -0.4 is 5.32 Å². The zero-order chi connectivity index (χ0) is 19.6. The van der Waals surface area contributed by atoms with Crippen LogP contribution in [0, 0.1) is 13.8 Å². The largest absolute Gasteiger partial charge is 0.322 e. The summed E-state index contributed by atoms with van der Waals surface area (Å²) in [4.78, 5) is 17.4. The Balaban J connectivity index is 1.53. The predicted molar refractivity (Wildman–Crippen MR) is 109 cm³/mol. The van der Waals surface area contributed by atoms with E-state index < -0.39 is 0 Å². The van der Waals surface area contributed by atoms with Gasteiger partial charge in [0.1, 0.15) is 0 Å². The SMILES string of the molecule is Cc1nn(C)c(C)c1NC(=O)[C@H](C)N1CCN(Cc2cccc(Cl)c2)CC1. The van der Waals surface area contributed by atoms with Crippen molar-refractivity contribution < 1.29 is 4.79 Å². The second-order valence-electron chi connectivity index (χ2n) is 7.28. The van der Waals surface area contributed by atoms with Crippen molar-refractivity contribution in [3.8, 4) is 0 Å². The summed E-state index contributed by atoms with van der Waals surface area (Å²) in [6, 6.07) is 7.84. The number of amides is 1. The molecule has 6 nitrogen and oxygen atoms in total. The number of hydrogen-bond acceptors (Lipinski definition) is 4. The van der Waals surface area contributed by atoms with Gasteiger partial charge in [0.25, 0.3) is 0 Å². The quantitative estimate of drug-likeness (QED) is 0.854. The number of piperazine rings is 1. The first kappa shape index (κ1) is 19.9. The Hall–Kier alpha value is -1.89. The Kier molecular flexibility index (Phi) is 6.19. The summed E-state index contributed by atoms with van der Waals surface area (Å²) in [5.41, 5.74) is 3.87. The van der Waals surface area contributed by atoms with Gasteiger partial charge in [-0.2, -0.15) is 5.10 Å². The number of aromatic nitrogens is 2. The van der Waals surface area contributed by atoms with Crippen molar-refractivity contribution in [1.29, 1.82) is 0 Å². The first-order chi connectivity index (χ1) is 12.8. The molecule has 1 saturated heterocycles. The van der Waals surface area contributed by atoms with E-state index in [1.54, 1.807) is 4.68 Å². The summed E-state index contributed by atoms with van der Waals surface area (Å²) in [6.45, 7) is 10.4. The van der Waals surface area contributed by atoms with Crippen molar-refractivity contribution in [1.82, 2.24) is 19.6 Å². The highest BCUT2D eigenvalue weighted by Gasteiger charge is 2.26. The molecule has 7 heteroatoms. The molecule has 2 heterocycles. The van der Waals surface area contributed by atoms with Crippen LogP contribution in [0.15, 0.2) is 24.3 Å². The van der Waals surface area contributed by atoms with Crippen LogP contribution in [-0.4, -0.2) is 57.7 Å². The minimum Gasteiger partial charge on any atom is -0.322 e. The van der Waals surface area contributed by atoms with Gasteiger partial charge in [-0.3, -0.25) is 19.3 Å². The lowest BCUT2D eigenvalue weighted by Crippen LogP contribution is -2.52. The van der Waals surface area contributed by atoms with Crippen LogP contribution in [0.5, 0.6) is 0 Å². The molecule has 1 aromatic heterocycles. The molecule has 1 atom stereocenters. The van der Waals surface area contributed by atoms with Crippen LogP contribution in [0.4, 0.5) is 5.69 Å². The molecule has 0 radical (unpaired) electrons. The number of nitrogens with one attached hydrogen (secondary N) is 1.